The summed E-state index contributed by atoms with van der Waals surface area (Å²) in [7, 11) is 0. The van der Waals surface area contributed by atoms with Crippen molar-refractivity contribution in [3.8, 4) is 0 Å². The SMILES string of the molecule is CCCCNC(=O)c1ccc(COC(=O)C(C)Sc2cn[nH]n2)cc1. The van der Waals surface area contributed by atoms with E-state index in [0.717, 1.165) is 18.4 Å². The Hall–Kier alpha value is -2.35. The molecule has 0 aliphatic rings. The molecule has 2 N–H and O–H groups in total. The molecule has 134 valence electrons. The average Bonchev–Trinajstić information content (AvgIpc) is 3.13. The molecule has 0 aliphatic carbocycles. The Morgan fingerprint density at radius 2 is 2.08 bits per heavy atom. The minimum atomic E-state index is -0.381. The Kier molecular flexibility index (Phi) is 7.46. The molecule has 1 aromatic heterocycles. The van der Waals surface area contributed by atoms with Gasteiger partial charge in [-0.25, -0.2) is 0 Å². The summed E-state index contributed by atoms with van der Waals surface area (Å²) in [6, 6.07) is 7.05. The number of esters is 1. The van der Waals surface area contributed by atoms with Crippen LogP contribution in [0.25, 0.3) is 0 Å². The minimum Gasteiger partial charge on any atom is -0.460 e. The maximum Gasteiger partial charge on any atom is 0.319 e. The summed E-state index contributed by atoms with van der Waals surface area (Å²) in [6.07, 6.45) is 3.56. The van der Waals surface area contributed by atoms with E-state index in [4.69, 9.17) is 4.74 Å². The van der Waals surface area contributed by atoms with Gasteiger partial charge in [-0.05, 0) is 31.0 Å². The Morgan fingerprint density at radius 3 is 2.72 bits per heavy atom. The number of aromatic nitrogens is 3. The quantitative estimate of drug-likeness (QED) is 0.404. The second-order valence-corrected chi connectivity index (χ2v) is 6.84. The first kappa shape index (κ1) is 19.0. The third-order valence-electron chi connectivity index (χ3n) is 3.44. The zero-order chi connectivity index (χ0) is 18.1. The maximum atomic E-state index is 12.0. The highest BCUT2D eigenvalue weighted by atomic mass is 32.2. The number of benzene rings is 1. The number of amides is 1. The Morgan fingerprint density at radius 1 is 1.32 bits per heavy atom. The van der Waals surface area contributed by atoms with Gasteiger partial charge in [0.15, 0.2) is 0 Å². The summed E-state index contributed by atoms with van der Waals surface area (Å²) in [5.41, 5.74) is 1.43. The first-order valence-corrected chi connectivity index (χ1v) is 9.04. The van der Waals surface area contributed by atoms with Gasteiger partial charge in [-0.15, -0.1) is 5.10 Å². The van der Waals surface area contributed by atoms with Gasteiger partial charge in [-0.2, -0.15) is 10.3 Å². The van der Waals surface area contributed by atoms with E-state index in [1.165, 1.54) is 11.8 Å². The number of thioether (sulfide) groups is 1. The monoisotopic (exact) mass is 362 g/mol. The molecule has 0 aliphatic heterocycles. The molecule has 0 fully saturated rings. The molecule has 1 aromatic carbocycles. The lowest BCUT2D eigenvalue weighted by Gasteiger charge is -2.10. The van der Waals surface area contributed by atoms with Gasteiger partial charge in [0.25, 0.3) is 5.91 Å². The molecule has 7 nitrogen and oxygen atoms in total. The highest BCUT2D eigenvalue weighted by molar-refractivity contribution is 8.00. The number of ether oxygens (including phenoxy) is 1. The highest BCUT2D eigenvalue weighted by Crippen LogP contribution is 2.20. The number of aromatic amines is 1. The predicted molar refractivity (Wildman–Crippen MR) is 95.2 cm³/mol. The molecule has 0 saturated carbocycles. The normalized spacial score (nSPS) is 11.8. The fourth-order valence-corrected chi connectivity index (χ4v) is 2.72. The second-order valence-electron chi connectivity index (χ2n) is 5.48. The van der Waals surface area contributed by atoms with Crippen molar-refractivity contribution in [3.05, 3.63) is 41.6 Å². The molecule has 0 spiro atoms. The van der Waals surface area contributed by atoms with E-state index in [0.29, 0.717) is 17.1 Å². The van der Waals surface area contributed by atoms with Crippen LogP contribution in [0.4, 0.5) is 0 Å². The molecule has 0 radical (unpaired) electrons. The molecule has 1 heterocycles. The third-order valence-corrected chi connectivity index (χ3v) is 4.42. The van der Waals surface area contributed by atoms with Gasteiger partial charge < -0.3 is 10.1 Å². The van der Waals surface area contributed by atoms with Gasteiger partial charge in [0, 0.05) is 12.1 Å². The second kappa shape index (κ2) is 9.83. The number of hydrogen-bond acceptors (Lipinski definition) is 6. The van der Waals surface area contributed by atoms with Crippen LogP contribution < -0.4 is 5.32 Å². The van der Waals surface area contributed by atoms with Crippen LogP contribution in [0.2, 0.25) is 0 Å². The fraction of sp³-hybridized carbons (Fsp3) is 0.412. The van der Waals surface area contributed by atoms with Crippen LogP contribution in [-0.4, -0.2) is 39.1 Å². The van der Waals surface area contributed by atoms with Crippen molar-refractivity contribution in [2.24, 2.45) is 0 Å². The number of nitrogens with one attached hydrogen (secondary N) is 2. The van der Waals surface area contributed by atoms with Gasteiger partial charge >= 0.3 is 5.97 Å². The lowest BCUT2D eigenvalue weighted by atomic mass is 10.1. The standard InChI is InChI=1S/C17H22N4O3S/c1-3-4-9-18-16(22)14-7-5-13(6-8-14)11-24-17(23)12(2)25-15-10-19-21-20-15/h5-8,10,12H,3-4,9,11H2,1-2H3,(H,18,22)(H,19,20,21). The van der Waals surface area contributed by atoms with Gasteiger partial charge in [0.1, 0.15) is 16.9 Å². The van der Waals surface area contributed by atoms with E-state index in [1.54, 1.807) is 37.4 Å². The van der Waals surface area contributed by atoms with Crippen LogP contribution in [0.5, 0.6) is 0 Å². The molecule has 2 rings (SSSR count). The van der Waals surface area contributed by atoms with E-state index in [-0.39, 0.29) is 23.7 Å². The van der Waals surface area contributed by atoms with Crippen molar-refractivity contribution < 1.29 is 14.3 Å². The van der Waals surface area contributed by atoms with E-state index >= 15 is 0 Å². The topological polar surface area (TPSA) is 97.0 Å². The van der Waals surface area contributed by atoms with E-state index in [9.17, 15) is 9.59 Å². The molecular formula is C17H22N4O3S. The smallest absolute Gasteiger partial charge is 0.319 e. The Bertz CT molecular complexity index is 674. The van der Waals surface area contributed by atoms with E-state index in [2.05, 4.69) is 27.7 Å². The third kappa shape index (κ3) is 6.22. The summed E-state index contributed by atoms with van der Waals surface area (Å²) in [4.78, 5) is 23.9. The molecule has 0 bridgehead atoms. The van der Waals surface area contributed by atoms with Crippen molar-refractivity contribution >= 4 is 23.6 Å². The van der Waals surface area contributed by atoms with E-state index < -0.39 is 0 Å². The van der Waals surface area contributed by atoms with Crippen molar-refractivity contribution in [3.63, 3.8) is 0 Å². The average molecular weight is 362 g/mol. The lowest BCUT2D eigenvalue weighted by molar-refractivity contribution is -0.143. The van der Waals surface area contributed by atoms with Crippen LogP contribution in [0.15, 0.2) is 35.5 Å². The molecule has 1 unspecified atom stereocenters. The number of carbonyl (C=O) groups excluding carboxylic acids is 2. The fourth-order valence-electron chi connectivity index (χ4n) is 1.98. The number of unbranched alkanes of at least 4 members (excludes halogenated alkanes) is 1. The van der Waals surface area contributed by atoms with Gasteiger partial charge in [-0.1, -0.05) is 37.2 Å². The summed E-state index contributed by atoms with van der Waals surface area (Å²) in [5, 5.41) is 13.2. The Labute approximate surface area is 150 Å². The van der Waals surface area contributed by atoms with Crippen LogP contribution in [-0.2, 0) is 16.1 Å². The Balaban J connectivity index is 1.78. The van der Waals surface area contributed by atoms with Crippen molar-refractivity contribution in [2.75, 3.05) is 6.54 Å². The number of rotatable bonds is 9. The molecule has 2 aromatic rings. The summed E-state index contributed by atoms with van der Waals surface area (Å²) in [5.74, 6) is -0.413. The molecule has 1 amide bonds. The molecule has 25 heavy (non-hydrogen) atoms. The zero-order valence-corrected chi connectivity index (χ0v) is 15.1. The number of nitrogens with zero attached hydrogens (tertiary/aromatic N) is 2. The zero-order valence-electron chi connectivity index (χ0n) is 14.3. The van der Waals surface area contributed by atoms with Gasteiger partial charge in [0.05, 0.1) is 6.20 Å². The first-order valence-electron chi connectivity index (χ1n) is 8.16. The number of carbonyl (C=O) groups is 2. The van der Waals surface area contributed by atoms with Crippen molar-refractivity contribution in [1.82, 2.24) is 20.7 Å². The summed E-state index contributed by atoms with van der Waals surface area (Å²) in [6.45, 7) is 4.68. The first-order chi connectivity index (χ1) is 12.1. The molecule has 0 saturated heterocycles. The predicted octanol–water partition coefficient (Wildman–Crippen LogP) is 2.56. The highest BCUT2D eigenvalue weighted by Gasteiger charge is 2.17. The van der Waals surface area contributed by atoms with E-state index in [1.807, 2.05) is 0 Å². The summed E-state index contributed by atoms with van der Waals surface area (Å²) < 4.78 is 5.30. The van der Waals surface area contributed by atoms with Crippen molar-refractivity contribution in [2.45, 2.75) is 43.6 Å². The minimum absolute atomic E-state index is 0.0883. The van der Waals surface area contributed by atoms with Gasteiger partial charge in [-0.3, -0.25) is 9.59 Å². The molecule has 1 atom stereocenters. The van der Waals surface area contributed by atoms with Crippen LogP contribution in [0.3, 0.4) is 0 Å². The summed E-state index contributed by atoms with van der Waals surface area (Å²) >= 11 is 1.28. The van der Waals surface area contributed by atoms with Crippen LogP contribution in [0, 0.1) is 0 Å². The largest absolute Gasteiger partial charge is 0.460 e. The van der Waals surface area contributed by atoms with Gasteiger partial charge in [0.2, 0.25) is 0 Å². The van der Waals surface area contributed by atoms with Crippen LogP contribution in [0.1, 0.15) is 42.6 Å². The van der Waals surface area contributed by atoms with Crippen LogP contribution >= 0.6 is 11.8 Å². The number of hydrogen-bond donors (Lipinski definition) is 2. The maximum absolute atomic E-state index is 12.0. The number of H-pyrrole nitrogens is 1. The lowest BCUT2D eigenvalue weighted by Crippen LogP contribution is -2.24. The molecular weight excluding hydrogens is 340 g/mol. The molecule has 8 heteroatoms. The van der Waals surface area contributed by atoms with Crippen molar-refractivity contribution in [1.29, 1.82) is 0 Å².